The van der Waals surface area contributed by atoms with Gasteiger partial charge in [-0.1, -0.05) is 20.8 Å². The van der Waals surface area contributed by atoms with E-state index >= 15 is 0 Å². The van der Waals surface area contributed by atoms with Gasteiger partial charge in [-0.05, 0) is 24.0 Å². The van der Waals surface area contributed by atoms with Gasteiger partial charge in [-0.15, -0.1) is 0 Å². The molecule has 1 aromatic carbocycles. The second-order valence-corrected chi connectivity index (χ2v) is 5.90. The van der Waals surface area contributed by atoms with Crippen LogP contribution in [0.3, 0.4) is 0 Å². The molecule has 0 saturated carbocycles. The smallest absolute Gasteiger partial charge is 0.226 e. The van der Waals surface area contributed by atoms with Crippen molar-refractivity contribution in [3.8, 4) is 0 Å². The molecule has 1 aromatic rings. The van der Waals surface area contributed by atoms with Crippen LogP contribution in [0, 0.1) is 17.0 Å². The maximum absolute atomic E-state index is 13.3. The second kappa shape index (κ2) is 6.10. The summed E-state index contributed by atoms with van der Waals surface area (Å²) in [5.74, 6) is -1.85. The summed E-state index contributed by atoms with van der Waals surface area (Å²) in [4.78, 5) is 11.7. The quantitative estimate of drug-likeness (QED) is 0.883. The van der Waals surface area contributed by atoms with E-state index in [-0.39, 0.29) is 29.5 Å². The fraction of sp³-hybridized carbons (Fsp3) is 0.500. The van der Waals surface area contributed by atoms with Crippen LogP contribution in [-0.4, -0.2) is 11.9 Å². The number of carbonyl (C=O) groups excluding carboxylic acids is 1. The SMILES string of the molecule is CC(C)(C)CC(N)CC(=O)Nc1ccc(F)cc1F. The molecule has 0 heterocycles. The first-order chi connectivity index (χ1) is 8.67. The fourth-order valence-electron chi connectivity index (χ4n) is 1.89. The highest BCUT2D eigenvalue weighted by Gasteiger charge is 2.18. The number of amides is 1. The molecule has 3 N–H and O–H groups in total. The Bertz CT molecular complexity index is 455. The van der Waals surface area contributed by atoms with Crippen molar-refractivity contribution >= 4 is 11.6 Å². The van der Waals surface area contributed by atoms with Gasteiger partial charge in [0, 0.05) is 18.5 Å². The number of carbonyl (C=O) groups is 1. The summed E-state index contributed by atoms with van der Waals surface area (Å²) in [6.07, 6.45) is 0.792. The number of hydrogen-bond acceptors (Lipinski definition) is 2. The molecular formula is C14H20F2N2O. The Morgan fingerprint density at radius 2 is 2.00 bits per heavy atom. The van der Waals surface area contributed by atoms with Gasteiger partial charge in [0.1, 0.15) is 11.6 Å². The molecule has 3 nitrogen and oxygen atoms in total. The van der Waals surface area contributed by atoms with Crippen LogP contribution in [0.2, 0.25) is 0 Å². The molecule has 1 atom stereocenters. The molecule has 0 fully saturated rings. The van der Waals surface area contributed by atoms with E-state index in [0.29, 0.717) is 6.42 Å². The molecular weight excluding hydrogens is 250 g/mol. The third-order valence-electron chi connectivity index (χ3n) is 2.53. The summed E-state index contributed by atoms with van der Waals surface area (Å²) in [6.45, 7) is 6.10. The van der Waals surface area contributed by atoms with Gasteiger partial charge in [0.05, 0.1) is 5.69 Å². The van der Waals surface area contributed by atoms with Crippen LogP contribution in [0.15, 0.2) is 18.2 Å². The van der Waals surface area contributed by atoms with E-state index in [4.69, 9.17) is 5.73 Å². The molecule has 106 valence electrons. The number of nitrogens with one attached hydrogen (secondary N) is 1. The Kier molecular flexibility index (Phi) is 5.00. The van der Waals surface area contributed by atoms with E-state index in [1.165, 1.54) is 6.07 Å². The summed E-state index contributed by atoms with van der Waals surface area (Å²) in [5.41, 5.74) is 5.86. The van der Waals surface area contributed by atoms with E-state index in [1.807, 2.05) is 20.8 Å². The van der Waals surface area contributed by atoms with E-state index in [2.05, 4.69) is 5.32 Å². The largest absolute Gasteiger partial charge is 0.327 e. The minimum Gasteiger partial charge on any atom is -0.327 e. The van der Waals surface area contributed by atoms with E-state index in [0.717, 1.165) is 12.1 Å². The molecule has 1 rings (SSSR count). The highest BCUT2D eigenvalue weighted by Crippen LogP contribution is 2.21. The van der Waals surface area contributed by atoms with E-state index in [1.54, 1.807) is 0 Å². The lowest BCUT2D eigenvalue weighted by atomic mass is 9.87. The maximum Gasteiger partial charge on any atom is 0.226 e. The Morgan fingerprint density at radius 3 is 2.53 bits per heavy atom. The standard InChI is InChI=1S/C14H20F2N2O/c1-14(2,3)8-10(17)7-13(19)18-12-5-4-9(15)6-11(12)16/h4-6,10H,7-8,17H2,1-3H3,(H,18,19). The molecule has 0 radical (unpaired) electrons. The van der Waals surface area contributed by atoms with Crippen LogP contribution in [0.4, 0.5) is 14.5 Å². The number of rotatable bonds is 4. The molecule has 0 aliphatic heterocycles. The van der Waals surface area contributed by atoms with Crippen LogP contribution in [0.25, 0.3) is 0 Å². The van der Waals surface area contributed by atoms with Gasteiger partial charge in [0.2, 0.25) is 5.91 Å². The van der Waals surface area contributed by atoms with Crippen LogP contribution >= 0.6 is 0 Å². The zero-order chi connectivity index (χ0) is 14.6. The summed E-state index contributed by atoms with van der Waals surface area (Å²) in [5, 5.41) is 2.39. The highest BCUT2D eigenvalue weighted by molar-refractivity contribution is 5.91. The Balaban J connectivity index is 2.56. The van der Waals surface area contributed by atoms with E-state index in [9.17, 15) is 13.6 Å². The Hall–Kier alpha value is -1.49. The first-order valence-corrected chi connectivity index (χ1v) is 6.18. The number of nitrogens with two attached hydrogens (primary N) is 1. The molecule has 1 amide bonds. The summed E-state index contributed by atoms with van der Waals surface area (Å²) < 4.78 is 26.0. The summed E-state index contributed by atoms with van der Waals surface area (Å²) in [6, 6.07) is 2.72. The van der Waals surface area contributed by atoms with Crippen molar-refractivity contribution in [1.29, 1.82) is 0 Å². The lowest BCUT2D eigenvalue weighted by molar-refractivity contribution is -0.116. The van der Waals surface area contributed by atoms with Gasteiger partial charge < -0.3 is 11.1 Å². The monoisotopic (exact) mass is 270 g/mol. The summed E-state index contributed by atoms with van der Waals surface area (Å²) >= 11 is 0. The lowest BCUT2D eigenvalue weighted by Gasteiger charge is -2.22. The fourth-order valence-corrected chi connectivity index (χ4v) is 1.89. The van der Waals surface area contributed by atoms with Crippen molar-refractivity contribution in [2.24, 2.45) is 11.1 Å². The van der Waals surface area contributed by atoms with Gasteiger partial charge in [-0.25, -0.2) is 8.78 Å². The number of anilines is 1. The molecule has 19 heavy (non-hydrogen) atoms. The predicted molar refractivity (Wildman–Crippen MR) is 71.7 cm³/mol. The third-order valence-corrected chi connectivity index (χ3v) is 2.53. The topological polar surface area (TPSA) is 55.1 Å². The molecule has 0 saturated heterocycles. The van der Waals surface area contributed by atoms with Crippen molar-refractivity contribution in [2.75, 3.05) is 5.32 Å². The van der Waals surface area contributed by atoms with Crippen molar-refractivity contribution in [3.63, 3.8) is 0 Å². The molecule has 0 aliphatic carbocycles. The van der Waals surface area contributed by atoms with Crippen molar-refractivity contribution in [3.05, 3.63) is 29.8 Å². The molecule has 0 aliphatic rings. The van der Waals surface area contributed by atoms with E-state index < -0.39 is 11.6 Å². The van der Waals surface area contributed by atoms with Crippen molar-refractivity contribution in [1.82, 2.24) is 0 Å². The molecule has 0 spiro atoms. The molecule has 0 aromatic heterocycles. The van der Waals surface area contributed by atoms with Crippen molar-refractivity contribution < 1.29 is 13.6 Å². The van der Waals surface area contributed by atoms with Gasteiger partial charge in [-0.3, -0.25) is 4.79 Å². The average Bonchev–Trinajstić information content (AvgIpc) is 2.19. The Morgan fingerprint density at radius 1 is 1.37 bits per heavy atom. The lowest BCUT2D eigenvalue weighted by Crippen LogP contribution is -2.31. The van der Waals surface area contributed by atoms with Crippen molar-refractivity contribution in [2.45, 2.75) is 39.7 Å². The summed E-state index contributed by atoms with van der Waals surface area (Å²) in [7, 11) is 0. The molecule has 5 heteroatoms. The second-order valence-electron chi connectivity index (χ2n) is 5.90. The van der Waals surface area contributed by atoms with Crippen LogP contribution in [0.1, 0.15) is 33.6 Å². The molecule has 1 unspecified atom stereocenters. The maximum atomic E-state index is 13.3. The molecule has 0 bridgehead atoms. The Labute approximate surface area is 112 Å². The van der Waals surface area contributed by atoms with Gasteiger partial charge in [-0.2, -0.15) is 0 Å². The number of halogens is 2. The number of hydrogen-bond donors (Lipinski definition) is 2. The van der Waals surface area contributed by atoms with Crippen LogP contribution in [-0.2, 0) is 4.79 Å². The zero-order valence-corrected chi connectivity index (χ0v) is 11.5. The van der Waals surface area contributed by atoms with Gasteiger partial charge in [0.25, 0.3) is 0 Å². The highest BCUT2D eigenvalue weighted by atomic mass is 19.1. The minimum absolute atomic E-state index is 0.0286. The van der Waals surface area contributed by atoms with Crippen LogP contribution < -0.4 is 11.1 Å². The normalized spacial score (nSPS) is 13.2. The minimum atomic E-state index is -0.794. The first-order valence-electron chi connectivity index (χ1n) is 6.18. The third kappa shape index (κ3) is 5.79. The zero-order valence-electron chi connectivity index (χ0n) is 11.5. The van der Waals surface area contributed by atoms with Crippen LogP contribution in [0.5, 0.6) is 0 Å². The average molecular weight is 270 g/mol. The van der Waals surface area contributed by atoms with Gasteiger partial charge in [0.15, 0.2) is 0 Å². The van der Waals surface area contributed by atoms with Gasteiger partial charge >= 0.3 is 0 Å². The first kappa shape index (κ1) is 15.6. The number of benzene rings is 1. The predicted octanol–water partition coefficient (Wildman–Crippen LogP) is 3.06.